The highest BCUT2D eigenvalue weighted by molar-refractivity contribution is 6.35. The zero-order valence-corrected chi connectivity index (χ0v) is 12.6. The fourth-order valence-corrected chi connectivity index (χ4v) is 2.19. The number of rotatable bonds is 3. The van der Waals surface area contributed by atoms with E-state index in [4.69, 9.17) is 23.2 Å². The van der Waals surface area contributed by atoms with E-state index in [0.29, 0.717) is 21.3 Å². The van der Waals surface area contributed by atoms with Crippen LogP contribution in [0.15, 0.2) is 36.4 Å². The lowest BCUT2D eigenvalue weighted by molar-refractivity contribution is 0.102. The number of anilines is 2. The topological polar surface area (TPSA) is 41.1 Å². The van der Waals surface area contributed by atoms with Crippen LogP contribution in [0.25, 0.3) is 0 Å². The minimum Gasteiger partial charge on any atom is -0.388 e. The molecule has 0 bridgehead atoms. The van der Waals surface area contributed by atoms with Gasteiger partial charge in [-0.1, -0.05) is 23.2 Å². The largest absolute Gasteiger partial charge is 0.388 e. The van der Waals surface area contributed by atoms with Crippen LogP contribution in [0.4, 0.5) is 11.4 Å². The van der Waals surface area contributed by atoms with Crippen molar-refractivity contribution in [3.8, 4) is 0 Å². The van der Waals surface area contributed by atoms with Crippen LogP contribution in [0.5, 0.6) is 0 Å². The molecule has 0 aliphatic rings. The Labute approximate surface area is 127 Å². The number of aryl methyl sites for hydroxylation is 1. The molecule has 0 atom stereocenters. The minimum absolute atomic E-state index is 0.214. The summed E-state index contributed by atoms with van der Waals surface area (Å²) >= 11 is 11.9. The number of nitrogens with one attached hydrogen (secondary N) is 2. The standard InChI is InChI=1S/C15H14Cl2N2O/c1-9-7-11(18-2)4-5-12(9)15(20)19-14-8-10(16)3-6-13(14)17/h3-8,18H,1-2H3,(H,19,20). The fourth-order valence-electron chi connectivity index (χ4n) is 1.86. The van der Waals surface area contributed by atoms with E-state index in [1.807, 2.05) is 26.1 Å². The third-order valence-corrected chi connectivity index (χ3v) is 3.50. The summed E-state index contributed by atoms with van der Waals surface area (Å²) in [6, 6.07) is 10.5. The van der Waals surface area contributed by atoms with Crippen LogP contribution < -0.4 is 10.6 Å². The summed E-state index contributed by atoms with van der Waals surface area (Å²) in [4.78, 5) is 12.3. The van der Waals surface area contributed by atoms with Crippen LogP contribution in [-0.4, -0.2) is 13.0 Å². The highest BCUT2D eigenvalue weighted by Gasteiger charge is 2.11. The maximum Gasteiger partial charge on any atom is 0.255 e. The zero-order chi connectivity index (χ0) is 14.7. The molecule has 1 amide bonds. The molecule has 3 nitrogen and oxygen atoms in total. The van der Waals surface area contributed by atoms with Gasteiger partial charge in [0, 0.05) is 23.3 Å². The van der Waals surface area contributed by atoms with Crippen molar-refractivity contribution < 1.29 is 4.79 Å². The van der Waals surface area contributed by atoms with Crippen LogP contribution in [0.2, 0.25) is 10.0 Å². The molecule has 2 aromatic carbocycles. The minimum atomic E-state index is -0.214. The normalized spacial score (nSPS) is 10.2. The Morgan fingerprint density at radius 1 is 1.10 bits per heavy atom. The molecule has 0 saturated carbocycles. The van der Waals surface area contributed by atoms with E-state index >= 15 is 0 Å². The molecular weight excluding hydrogens is 295 g/mol. The van der Waals surface area contributed by atoms with Gasteiger partial charge in [-0.05, 0) is 48.9 Å². The molecule has 0 saturated heterocycles. The van der Waals surface area contributed by atoms with Gasteiger partial charge in [0.2, 0.25) is 0 Å². The quantitative estimate of drug-likeness (QED) is 0.870. The summed E-state index contributed by atoms with van der Waals surface area (Å²) < 4.78 is 0. The molecule has 0 aliphatic carbocycles. The lowest BCUT2D eigenvalue weighted by Gasteiger charge is -2.10. The second kappa shape index (κ2) is 6.16. The number of hydrogen-bond acceptors (Lipinski definition) is 2. The number of amides is 1. The van der Waals surface area contributed by atoms with Gasteiger partial charge < -0.3 is 10.6 Å². The van der Waals surface area contributed by atoms with E-state index in [1.54, 1.807) is 24.3 Å². The van der Waals surface area contributed by atoms with E-state index in [9.17, 15) is 4.79 Å². The molecule has 0 spiro atoms. The van der Waals surface area contributed by atoms with Crippen molar-refractivity contribution in [3.63, 3.8) is 0 Å². The molecule has 0 heterocycles. The highest BCUT2D eigenvalue weighted by Crippen LogP contribution is 2.26. The summed E-state index contributed by atoms with van der Waals surface area (Å²) in [6.45, 7) is 1.88. The van der Waals surface area contributed by atoms with Gasteiger partial charge in [0.05, 0.1) is 10.7 Å². The number of carbonyl (C=O) groups is 1. The molecule has 5 heteroatoms. The average Bonchev–Trinajstić information content (AvgIpc) is 2.42. The number of hydrogen-bond donors (Lipinski definition) is 2. The first kappa shape index (κ1) is 14.7. The Balaban J connectivity index is 2.26. The molecule has 20 heavy (non-hydrogen) atoms. The SMILES string of the molecule is CNc1ccc(C(=O)Nc2cc(Cl)ccc2Cl)c(C)c1. The van der Waals surface area contributed by atoms with Crippen molar-refractivity contribution in [2.45, 2.75) is 6.92 Å². The van der Waals surface area contributed by atoms with E-state index in [0.717, 1.165) is 11.3 Å². The van der Waals surface area contributed by atoms with Crippen LogP contribution in [-0.2, 0) is 0 Å². The van der Waals surface area contributed by atoms with Crippen molar-refractivity contribution in [1.29, 1.82) is 0 Å². The fraction of sp³-hybridized carbons (Fsp3) is 0.133. The number of benzene rings is 2. The molecule has 2 rings (SSSR count). The zero-order valence-electron chi connectivity index (χ0n) is 11.1. The molecule has 2 N–H and O–H groups in total. The molecule has 104 valence electrons. The van der Waals surface area contributed by atoms with E-state index in [1.165, 1.54) is 0 Å². The molecular formula is C15H14Cl2N2O. The Morgan fingerprint density at radius 3 is 2.50 bits per heavy atom. The molecule has 2 aromatic rings. The van der Waals surface area contributed by atoms with Gasteiger partial charge >= 0.3 is 0 Å². The Bertz CT molecular complexity index is 656. The van der Waals surface area contributed by atoms with Gasteiger partial charge in [0.25, 0.3) is 5.91 Å². The Hall–Kier alpha value is -1.71. The van der Waals surface area contributed by atoms with Gasteiger partial charge in [0.15, 0.2) is 0 Å². The smallest absolute Gasteiger partial charge is 0.255 e. The predicted molar refractivity (Wildman–Crippen MR) is 85.1 cm³/mol. The maximum absolute atomic E-state index is 12.3. The Kier molecular flexibility index (Phi) is 4.53. The van der Waals surface area contributed by atoms with Crippen LogP contribution in [0.1, 0.15) is 15.9 Å². The van der Waals surface area contributed by atoms with Crippen LogP contribution >= 0.6 is 23.2 Å². The molecule has 0 aromatic heterocycles. The molecule has 0 fully saturated rings. The van der Waals surface area contributed by atoms with E-state index in [2.05, 4.69) is 10.6 Å². The van der Waals surface area contributed by atoms with Gasteiger partial charge in [-0.15, -0.1) is 0 Å². The monoisotopic (exact) mass is 308 g/mol. The van der Waals surface area contributed by atoms with Gasteiger partial charge in [-0.25, -0.2) is 0 Å². The maximum atomic E-state index is 12.3. The van der Waals surface area contributed by atoms with Gasteiger partial charge in [-0.3, -0.25) is 4.79 Å². The van der Waals surface area contributed by atoms with E-state index < -0.39 is 0 Å². The van der Waals surface area contributed by atoms with Gasteiger partial charge in [0.1, 0.15) is 0 Å². The number of carbonyl (C=O) groups excluding carboxylic acids is 1. The van der Waals surface area contributed by atoms with Crippen LogP contribution in [0, 0.1) is 6.92 Å². The molecule has 0 aliphatic heterocycles. The highest BCUT2D eigenvalue weighted by atomic mass is 35.5. The summed E-state index contributed by atoms with van der Waals surface area (Å²) in [7, 11) is 1.83. The third kappa shape index (κ3) is 3.24. The van der Waals surface area contributed by atoms with E-state index in [-0.39, 0.29) is 5.91 Å². The second-order valence-electron chi connectivity index (χ2n) is 4.36. The lowest BCUT2D eigenvalue weighted by Crippen LogP contribution is -2.13. The first-order valence-corrected chi connectivity index (χ1v) is 6.81. The lowest BCUT2D eigenvalue weighted by atomic mass is 10.1. The van der Waals surface area contributed by atoms with Crippen molar-refractivity contribution in [3.05, 3.63) is 57.6 Å². The third-order valence-electron chi connectivity index (χ3n) is 2.94. The first-order chi connectivity index (χ1) is 9.51. The van der Waals surface area contributed by atoms with Crippen molar-refractivity contribution >= 4 is 40.5 Å². The predicted octanol–water partition coefficient (Wildman–Crippen LogP) is 4.60. The Morgan fingerprint density at radius 2 is 1.85 bits per heavy atom. The second-order valence-corrected chi connectivity index (χ2v) is 5.20. The van der Waals surface area contributed by atoms with Crippen molar-refractivity contribution in [2.24, 2.45) is 0 Å². The summed E-state index contributed by atoms with van der Waals surface area (Å²) in [5, 5.41) is 6.77. The summed E-state index contributed by atoms with van der Waals surface area (Å²) in [6.07, 6.45) is 0. The van der Waals surface area contributed by atoms with Crippen molar-refractivity contribution in [1.82, 2.24) is 0 Å². The van der Waals surface area contributed by atoms with Gasteiger partial charge in [-0.2, -0.15) is 0 Å². The molecule has 0 radical (unpaired) electrons. The summed E-state index contributed by atoms with van der Waals surface area (Å²) in [5.41, 5.74) is 2.94. The van der Waals surface area contributed by atoms with Crippen LogP contribution in [0.3, 0.4) is 0 Å². The van der Waals surface area contributed by atoms with Crippen molar-refractivity contribution in [2.75, 3.05) is 17.7 Å². The molecule has 0 unspecified atom stereocenters. The average molecular weight is 309 g/mol. The number of halogens is 2. The summed E-state index contributed by atoms with van der Waals surface area (Å²) in [5.74, 6) is -0.214. The first-order valence-electron chi connectivity index (χ1n) is 6.06.